The Hall–Kier alpha value is -2.45. The second kappa shape index (κ2) is 9.14. The van der Waals surface area contributed by atoms with E-state index in [1.165, 1.54) is 23.2 Å². The topological polar surface area (TPSA) is 72.0 Å². The predicted molar refractivity (Wildman–Crippen MR) is 115 cm³/mol. The Morgan fingerprint density at radius 1 is 1.27 bits per heavy atom. The van der Waals surface area contributed by atoms with Crippen molar-refractivity contribution in [3.63, 3.8) is 0 Å². The molecule has 2 heterocycles. The highest BCUT2D eigenvalue weighted by molar-refractivity contribution is 7.14. The van der Waals surface area contributed by atoms with Crippen molar-refractivity contribution in [2.24, 2.45) is 5.92 Å². The molecule has 2 fully saturated rings. The number of carbonyl (C=O) groups excluding carboxylic acids is 2. The smallest absolute Gasteiger partial charge is 0.324 e. The van der Waals surface area contributed by atoms with Gasteiger partial charge in [0.2, 0.25) is 5.91 Å². The molecule has 4 rings (SSSR count). The van der Waals surface area contributed by atoms with Crippen LogP contribution in [-0.2, 0) is 20.9 Å². The third-order valence-electron chi connectivity index (χ3n) is 5.58. The Morgan fingerprint density at radius 2 is 2.00 bits per heavy atom. The number of likely N-dealkylation sites (tertiary alicyclic amines) is 1. The maximum atomic E-state index is 12.8. The second-order valence-electron chi connectivity index (χ2n) is 7.78. The number of hydrogen-bond donors (Lipinski definition) is 0. The molecule has 8 heteroatoms. The molecular weight excluding hydrogens is 402 g/mol. The van der Waals surface area contributed by atoms with E-state index in [0.717, 1.165) is 38.8 Å². The molecule has 2 aliphatic rings. The lowest BCUT2D eigenvalue weighted by molar-refractivity contribution is -0.152. The summed E-state index contributed by atoms with van der Waals surface area (Å²) in [7, 11) is 1.57. The Bertz CT molecular complexity index is 905. The minimum atomic E-state index is -0.166. The summed E-state index contributed by atoms with van der Waals surface area (Å²) in [4.78, 5) is 33.5. The molecule has 1 aliphatic heterocycles. The first kappa shape index (κ1) is 20.8. The summed E-state index contributed by atoms with van der Waals surface area (Å²) >= 11 is 1.34. The van der Waals surface area contributed by atoms with Gasteiger partial charge in [-0.2, -0.15) is 0 Å². The molecule has 7 nitrogen and oxygen atoms in total. The van der Waals surface area contributed by atoms with Crippen molar-refractivity contribution in [3.05, 3.63) is 35.3 Å². The van der Waals surface area contributed by atoms with Crippen LogP contribution in [-0.4, -0.2) is 48.0 Å². The Labute approximate surface area is 180 Å². The molecule has 1 saturated carbocycles. The van der Waals surface area contributed by atoms with E-state index < -0.39 is 0 Å². The lowest BCUT2D eigenvalue weighted by Gasteiger charge is -2.25. The maximum absolute atomic E-state index is 12.8. The van der Waals surface area contributed by atoms with E-state index >= 15 is 0 Å². The van der Waals surface area contributed by atoms with E-state index in [4.69, 9.17) is 9.47 Å². The lowest BCUT2D eigenvalue weighted by atomic mass is 10.1. The fourth-order valence-corrected chi connectivity index (χ4v) is 4.85. The average molecular weight is 430 g/mol. The molecule has 1 aliphatic carbocycles. The van der Waals surface area contributed by atoms with Gasteiger partial charge in [0.25, 0.3) is 0 Å². The summed E-state index contributed by atoms with van der Waals surface area (Å²) in [6.07, 6.45) is 4.50. The van der Waals surface area contributed by atoms with Gasteiger partial charge in [-0.05, 0) is 56.8 Å². The van der Waals surface area contributed by atoms with Gasteiger partial charge in [0.05, 0.1) is 18.5 Å². The number of amides is 1. The molecule has 30 heavy (non-hydrogen) atoms. The molecule has 0 N–H and O–H groups in total. The molecule has 1 saturated heterocycles. The van der Waals surface area contributed by atoms with Crippen molar-refractivity contribution < 1.29 is 19.1 Å². The van der Waals surface area contributed by atoms with Gasteiger partial charge in [-0.3, -0.25) is 19.4 Å². The number of methoxy groups -OCH3 is 1. The Kier molecular flexibility index (Phi) is 6.34. The summed E-state index contributed by atoms with van der Waals surface area (Å²) < 4.78 is 11.0. The SMILES string of the molecule is COc1ccccc1N(C(C)=O)c1nc(COC(=O)C(C2CC2)N2CCCC2)cs1. The van der Waals surface area contributed by atoms with E-state index in [0.29, 0.717) is 28.2 Å². The first-order valence-electron chi connectivity index (χ1n) is 10.4. The van der Waals surface area contributed by atoms with Gasteiger partial charge in [0.15, 0.2) is 5.13 Å². The number of thiazole rings is 1. The minimum Gasteiger partial charge on any atom is -0.495 e. The largest absolute Gasteiger partial charge is 0.495 e. The van der Waals surface area contributed by atoms with Crippen LogP contribution in [0.15, 0.2) is 29.6 Å². The number of nitrogens with zero attached hydrogens (tertiary/aromatic N) is 3. The highest BCUT2D eigenvalue weighted by atomic mass is 32.1. The molecule has 1 aromatic heterocycles. The van der Waals surface area contributed by atoms with Gasteiger partial charge in [-0.15, -0.1) is 11.3 Å². The van der Waals surface area contributed by atoms with Gasteiger partial charge in [-0.25, -0.2) is 4.98 Å². The normalized spacial score (nSPS) is 17.5. The zero-order valence-corrected chi connectivity index (χ0v) is 18.2. The van der Waals surface area contributed by atoms with Gasteiger partial charge < -0.3 is 9.47 Å². The van der Waals surface area contributed by atoms with Gasteiger partial charge in [-0.1, -0.05) is 12.1 Å². The van der Waals surface area contributed by atoms with E-state index in [-0.39, 0.29) is 24.5 Å². The van der Waals surface area contributed by atoms with E-state index in [1.54, 1.807) is 13.2 Å². The van der Waals surface area contributed by atoms with Crippen LogP contribution in [0, 0.1) is 5.92 Å². The van der Waals surface area contributed by atoms with Crippen LogP contribution in [0.5, 0.6) is 5.75 Å². The molecule has 1 amide bonds. The summed E-state index contributed by atoms with van der Waals surface area (Å²) in [5.41, 5.74) is 1.27. The Morgan fingerprint density at radius 3 is 2.67 bits per heavy atom. The summed E-state index contributed by atoms with van der Waals surface area (Å²) in [5.74, 6) is 0.705. The van der Waals surface area contributed by atoms with Gasteiger partial charge in [0.1, 0.15) is 18.4 Å². The van der Waals surface area contributed by atoms with Crippen LogP contribution in [0.3, 0.4) is 0 Å². The van der Waals surface area contributed by atoms with Crippen molar-refractivity contribution >= 4 is 34.0 Å². The maximum Gasteiger partial charge on any atom is 0.324 e. The number of benzene rings is 1. The van der Waals surface area contributed by atoms with Gasteiger partial charge in [0, 0.05) is 12.3 Å². The zero-order chi connectivity index (χ0) is 21.1. The van der Waals surface area contributed by atoms with E-state index in [1.807, 2.05) is 23.6 Å². The summed E-state index contributed by atoms with van der Waals surface area (Å²) in [6.45, 7) is 3.56. The lowest BCUT2D eigenvalue weighted by Crippen LogP contribution is -2.42. The van der Waals surface area contributed by atoms with Crippen LogP contribution < -0.4 is 9.64 Å². The fourth-order valence-electron chi connectivity index (χ4n) is 3.99. The third kappa shape index (κ3) is 4.49. The molecule has 1 aromatic carbocycles. The summed E-state index contributed by atoms with van der Waals surface area (Å²) in [6, 6.07) is 7.20. The molecule has 0 spiro atoms. The number of hydrogen-bond acceptors (Lipinski definition) is 7. The number of rotatable bonds is 8. The molecule has 2 aromatic rings. The van der Waals surface area contributed by atoms with Crippen molar-refractivity contribution in [1.82, 2.24) is 9.88 Å². The quantitative estimate of drug-likeness (QED) is 0.595. The summed E-state index contributed by atoms with van der Waals surface area (Å²) in [5, 5.41) is 2.35. The number of aromatic nitrogens is 1. The minimum absolute atomic E-state index is 0.115. The number of esters is 1. The first-order valence-corrected chi connectivity index (χ1v) is 11.2. The highest BCUT2D eigenvalue weighted by Gasteiger charge is 2.42. The molecule has 1 unspecified atom stereocenters. The van der Waals surface area contributed by atoms with Crippen molar-refractivity contribution in [1.29, 1.82) is 0 Å². The van der Waals surface area contributed by atoms with Crippen molar-refractivity contribution in [2.45, 2.75) is 45.3 Å². The monoisotopic (exact) mass is 429 g/mol. The standard InChI is InChI=1S/C22H27N3O4S/c1-15(26)25(18-7-3-4-8-19(18)28-2)22-23-17(14-30-22)13-29-21(27)20(16-9-10-16)24-11-5-6-12-24/h3-4,7-8,14,16,20H,5-6,9-13H2,1-2H3. The predicted octanol–water partition coefficient (Wildman–Crippen LogP) is 3.75. The molecule has 0 bridgehead atoms. The number of para-hydroxylation sites is 2. The first-order chi connectivity index (χ1) is 14.6. The van der Waals surface area contributed by atoms with Crippen LogP contribution in [0.2, 0.25) is 0 Å². The molecule has 0 radical (unpaired) electrons. The molecular formula is C22H27N3O4S. The van der Waals surface area contributed by atoms with Crippen molar-refractivity contribution in [2.75, 3.05) is 25.1 Å². The number of ether oxygens (including phenoxy) is 2. The number of carbonyl (C=O) groups is 2. The van der Waals surface area contributed by atoms with Crippen molar-refractivity contribution in [3.8, 4) is 5.75 Å². The van der Waals surface area contributed by atoms with Gasteiger partial charge >= 0.3 is 5.97 Å². The van der Waals surface area contributed by atoms with Crippen LogP contribution in [0.25, 0.3) is 0 Å². The highest BCUT2D eigenvalue weighted by Crippen LogP contribution is 2.38. The average Bonchev–Trinajstić information content (AvgIpc) is 3.22. The fraction of sp³-hybridized carbons (Fsp3) is 0.500. The van der Waals surface area contributed by atoms with Crippen LogP contribution in [0.4, 0.5) is 10.8 Å². The van der Waals surface area contributed by atoms with E-state index in [9.17, 15) is 9.59 Å². The van der Waals surface area contributed by atoms with E-state index in [2.05, 4.69) is 9.88 Å². The zero-order valence-electron chi connectivity index (χ0n) is 17.4. The molecule has 1 atom stereocenters. The van der Waals surface area contributed by atoms with Crippen LogP contribution in [0.1, 0.15) is 38.3 Å². The Balaban J connectivity index is 1.45. The third-order valence-corrected chi connectivity index (χ3v) is 6.45. The van der Waals surface area contributed by atoms with Crippen LogP contribution >= 0.6 is 11.3 Å². The number of anilines is 2. The molecule has 160 valence electrons. The second-order valence-corrected chi connectivity index (χ2v) is 8.62.